The molecule has 0 bridgehead atoms. The van der Waals surface area contributed by atoms with Crippen LogP contribution in [-0.4, -0.2) is 81.7 Å². The number of carbonyl (C=O) groups excluding carboxylic acids is 3. The molecule has 0 saturated carbocycles. The zero-order chi connectivity index (χ0) is 36.9. The minimum atomic E-state index is -0.654. The molecular formula is C35H40N12O5. The first kappa shape index (κ1) is 35.5. The number of rotatable bonds is 15. The van der Waals surface area contributed by atoms with Crippen LogP contribution >= 0.6 is 0 Å². The highest BCUT2D eigenvalue weighted by Crippen LogP contribution is 2.31. The maximum atomic E-state index is 13.6. The van der Waals surface area contributed by atoms with Crippen LogP contribution in [-0.2, 0) is 30.9 Å². The van der Waals surface area contributed by atoms with Gasteiger partial charge in [-0.3, -0.25) is 38.9 Å². The third-order valence-corrected chi connectivity index (χ3v) is 8.20. The van der Waals surface area contributed by atoms with Gasteiger partial charge in [0.2, 0.25) is 17.8 Å². The number of aromatic nitrogens is 9. The number of amides is 3. The summed E-state index contributed by atoms with van der Waals surface area (Å²) in [5.41, 5.74) is 10.2. The lowest BCUT2D eigenvalue weighted by atomic mass is 10.1. The van der Waals surface area contributed by atoms with Gasteiger partial charge in [-0.05, 0) is 64.1 Å². The van der Waals surface area contributed by atoms with Crippen LogP contribution in [0.4, 0.5) is 11.9 Å². The van der Waals surface area contributed by atoms with E-state index in [-0.39, 0.29) is 30.6 Å². The predicted octanol–water partition coefficient (Wildman–Crippen LogP) is 3.72. The molecule has 6 rings (SSSR count). The topological polar surface area (TPSA) is 204 Å². The van der Waals surface area contributed by atoms with Gasteiger partial charge in [-0.15, -0.1) is 0 Å². The van der Waals surface area contributed by atoms with Gasteiger partial charge in [0.1, 0.15) is 34.8 Å². The number of benzene rings is 1. The maximum Gasteiger partial charge on any atom is 0.276 e. The van der Waals surface area contributed by atoms with Gasteiger partial charge in [-0.25, -0.2) is 15.0 Å². The van der Waals surface area contributed by atoms with Crippen molar-refractivity contribution in [2.24, 2.45) is 5.73 Å². The number of fused-ring (bicyclic) bond motifs is 2. The highest BCUT2D eigenvalue weighted by atomic mass is 16.5. The number of nitrogens with one attached hydrogen (secondary N) is 2. The number of aryl methyl sites for hydroxylation is 4. The maximum absolute atomic E-state index is 13.6. The van der Waals surface area contributed by atoms with Crippen molar-refractivity contribution in [3.05, 3.63) is 83.1 Å². The molecule has 5 heterocycles. The molecule has 0 atom stereocenters. The average molecular weight is 709 g/mol. The van der Waals surface area contributed by atoms with Gasteiger partial charge in [0, 0.05) is 45.0 Å². The van der Waals surface area contributed by atoms with Crippen LogP contribution in [0.3, 0.4) is 0 Å². The molecule has 0 saturated heterocycles. The quantitative estimate of drug-likeness (QED) is 0.104. The lowest BCUT2D eigenvalue weighted by molar-refractivity contribution is 0.0994. The van der Waals surface area contributed by atoms with E-state index in [4.69, 9.17) is 20.2 Å². The first-order valence-electron chi connectivity index (χ1n) is 16.7. The number of primary amides is 1. The van der Waals surface area contributed by atoms with E-state index >= 15 is 0 Å². The van der Waals surface area contributed by atoms with Crippen molar-refractivity contribution < 1.29 is 23.9 Å². The van der Waals surface area contributed by atoms with E-state index in [0.29, 0.717) is 77.2 Å². The number of anilines is 2. The number of carbonyl (C=O) groups is 3. The van der Waals surface area contributed by atoms with E-state index in [2.05, 4.69) is 30.8 Å². The number of imidazole rings is 2. The summed E-state index contributed by atoms with van der Waals surface area (Å²) in [6, 6.07) is 10.1. The highest BCUT2D eigenvalue weighted by molar-refractivity contribution is 6.04. The van der Waals surface area contributed by atoms with E-state index in [1.54, 1.807) is 62.1 Å². The monoisotopic (exact) mass is 708 g/mol. The van der Waals surface area contributed by atoms with Gasteiger partial charge in [-0.2, -0.15) is 10.2 Å². The molecule has 3 amide bonds. The minimum absolute atomic E-state index is 0.194. The Labute approximate surface area is 298 Å². The number of pyridine rings is 1. The number of ether oxygens (including phenoxy) is 2. The summed E-state index contributed by atoms with van der Waals surface area (Å²) in [7, 11) is 1.56. The second-order valence-electron chi connectivity index (χ2n) is 11.8. The number of allylic oxidation sites excluding steroid dienone is 2. The lowest BCUT2D eigenvalue weighted by Gasteiger charge is -2.13. The molecule has 0 fully saturated rings. The number of nitrogens with two attached hydrogens (primary N) is 1. The Balaban J connectivity index is 1.35. The Morgan fingerprint density at radius 1 is 0.827 bits per heavy atom. The zero-order valence-corrected chi connectivity index (χ0v) is 29.6. The fraction of sp³-hybridized carbons (Fsp3) is 0.314. The van der Waals surface area contributed by atoms with Crippen LogP contribution < -0.4 is 21.1 Å². The summed E-state index contributed by atoms with van der Waals surface area (Å²) in [6.07, 6.45) is 5.44. The summed E-state index contributed by atoms with van der Waals surface area (Å²) in [5, 5.41) is 14.6. The van der Waals surface area contributed by atoms with E-state index in [9.17, 15) is 14.4 Å². The third-order valence-electron chi connectivity index (χ3n) is 8.20. The molecule has 17 heteroatoms. The van der Waals surface area contributed by atoms with Crippen LogP contribution in [0.1, 0.15) is 56.6 Å². The van der Waals surface area contributed by atoms with Gasteiger partial charge < -0.3 is 19.8 Å². The Morgan fingerprint density at radius 3 is 2.02 bits per heavy atom. The Bertz CT molecular complexity index is 2310. The van der Waals surface area contributed by atoms with Crippen LogP contribution in [0.15, 0.2) is 54.7 Å². The SMILES string of the molecule is CCn1nc(C)cc1C(=O)Nc1nc2cccnc2n1CC=CCn1c(NC(=O)c2cc(C)nn2CC)nc2cc(C(N)=O)cc(OCCOC)c21. The summed E-state index contributed by atoms with van der Waals surface area (Å²) < 4.78 is 18.0. The smallest absolute Gasteiger partial charge is 0.276 e. The molecule has 0 radical (unpaired) electrons. The minimum Gasteiger partial charge on any atom is -0.489 e. The van der Waals surface area contributed by atoms with Gasteiger partial charge in [0.15, 0.2) is 5.65 Å². The standard InChI is InChI=1S/C35H40N12O5/c1-6-46-26(17-21(3)42-46)32(49)40-34-39-25-19-23(30(36)48)20-28(52-16-15-51-5)29(25)44(34)13-8-9-14-45-31-24(11-10-12-37-31)38-35(45)41-33(50)27-18-22(4)43-47(27)7-2/h8-12,17-20H,6-7,13-16H2,1-5H3,(H2,36,48)(H,38,41,50)(H,39,40,49). The molecule has 0 aliphatic carbocycles. The van der Waals surface area contributed by atoms with Crippen LogP contribution in [0, 0.1) is 13.8 Å². The summed E-state index contributed by atoms with van der Waals surface area (Å²) in [5.74, 6) is -0.522. The molecule has 6 aromatic rings. The number of nitrogens with zero attached hydrogens (tertiary/aromatic N) is 9. The van der Waals surface area contributed by atoms with Crippen LogP contribution in [0.5, 0.6) is 5.75 Å². The van der Waals surface area contributed by atoms with Crippen molar-refractivity contribution in [3.63, 3.8) is 0 Å². The van der Waals surface area contributed by atoms with Crippen molar-refractivity contribution >= 4 is 51.8 Å². The molecule has 5 aromatic heterocycles. The average Bonchev–Trinajstić information content (AvgIpc) is 3.89. The summed E-state index contributed by atoms with van der Waals surface area (Å²) in [6.45, 7) is 9.51. The molecule has 0 unspecified atom stereocenters. The summed E-state index contributed by atoms with van der Waals surface area (Å²) in [4.78, 5) is 53.0. The van der Waals surface area contributed by atoms with E-state index in [0.717, 1.165) is 5.69 Å². The molecule has 0 aliphatic heterocycles. The third kappa shape index (κ3) is 7.25. The largest absolute Gasteiger partial charge is 0.489 e. The van der Waals surface area contributed by atoms with E-state index < -0.39 is 11.8 Å². The fourth-order valence-corrected chi connectivity index (χ4v) is 5.85. The van der Waals surface area contributed by atoms with E-state index in [1.807, 2.05) is 45.9 Å². The first-order valence-corrected chi connectivity index (χ1v) is 16.7. The Kier molecular flexibility index (Phi) is 10.4. The molecule has 17 nitrogen and oxygen atoms in total. The fourth-order valence-electron chi connectivity index (χ4n) is 5.85. The van der Waals surface area contributed by atoms with Crippen LogP contribution in [0.25, 0.3) is 22.2 Å². The number of methoxy groups -OCH3 is 1. The predicted molar refractivity (Wildman–Crippen MR) is 193 cm³/mol. The molecule has 0 spiro atoms. The second-order valence-corrected chi connectivity index (χ2v) is 11.8. The van der Waals surface area contributed by atoms with Gasteiger partial charge >= 0.3 is 0 Å². The molecule has 270 valence electrons. The number of hydrogen-bond acceptors (Lipinski definition) is 10. The molecule has 4 N–H and O–H groups in total. The van der Waals surface area contributed by atoms with Crippen molar-refractivity contribution in [3.8, 4) is 5.75 Å². The van der Waals surface area contributed by atoms with Crippen molar-refractivity contribution in [1.29, 1.82) is 0 Å². The highest BCUT2D eigenvalue weighted by Gasteiger charge is 2.22. The van der Waals surface area contributed by atoms with Gasteiger partial charge in [0.05, 0.1) is 23.5 Å². The van der Waals surface area contributed by atoms with E-state index in [1.165, 1.54) is 0 Å². The second kappa shape index (κ2) is 15.3. The molecule has 0 aliphatic rings. The number of hydrogen-bond donors (Lipinski definition) is 3. The van der Waals surface area contributed by atoms with Crippen LogP contribution in [0.2, 0.25) is 0 Å². The Hall–Kier alpha value is -6.36. The molecular weight excluding hydrogens is 668 g/mol. The Morgan fingerprint density at radius 2 is 1.42 bits per heavy atom. The zero-order valence-electron chi connectivity index (χ0n) is 29.6. The van der Waals surface area contributed by atoms with Crippen molar-refractivity contribution in [1.82, 2.24) is 43.6 Å². The first-order chi connectivity index (χ1) is 25.1. The molecule has 1 aromatic carbocycles. The lowest BCUT2D eigenvalue weighted by Crippen LogP contribution is -2.20. The normalized spacial score (nSPS) is 11.6. The molecule has 52 heavy (non-hydrogen) atoms. The van der Waals surface area contributed by atoms with Gasteiger partial charge in [0.25, 0.3) is 11.8 Å². The van der Waals surface area contributed by atoms with Gasteiger partial charge in [-0.1, -0.05) is 12.2 Å². The van der Waals surface area contributed by atoms with Crippen molar-refractivity contribution in [2.75, 3.05) is 31.0 Å². The summed E-state index contributed by atoms with van der Waals surface area (Å²) >= 11 is 0. The van der Waals surface area contributed by atoms with Crippen molar-refractivity contribution in [2.45, 2.75) is 53.9 Å².